The number of sulfonamides is 1. The van der Waals surface area contributed by atoms with Crippen LogP contribution in [-0.2, 0) is 25.6 Å². The van der Waals surface area contributed by atoms with Gasteiger partial charge in [0.05, 0.1) is 11.5 Å². The smallest absolute Gasteiger partial charge is 0.335 e. The Balaban J connectivity index is 2.25. The van der Waals surface area contributed by atoms with Crippen molar-refractivity contribution in [1.29, 1.82) is 0 Å². The average molecular weight is 420 g/mol. The largest absolute Gasteiger partial charge is 0.411 e. The molecule has 0 radical (unpaired) electrons. The summed E-state index contributed by atoms with van der Waals surface area (Å²) >= 11 is 0. The topological polar surface area (TPSA) is 119 Å². The molecule has 0 unspecified atom stereocenters. The van der Waals surface area contributed by atoms with E-state index >= 15 is 0 Å². The lowest BCUT2D eigenvalue weighted by Gasteiger charge is -2.18. The van der Waals surface area contributed by atoms with Crippen LogP contribution in [0.4, 0.5) is 4.39 Å². The van der Waals surface area contributed by atoms with Gasteiger partial charge >= 0.3 is 5.22 Å². The van der Waals surface area contributed by atoms with Crippen molar-refractivity contribution in [3.63, 3.8) is 0 Å². The first-order valence-electron chi connectivity index (χ1n) is 8.34. The van der Waals surface area contributed by atoms with Crippen molar-refractivity contribution in [2.45, 2.75) is 44.2 Å². The Morgan fingerprint density at radius 3 is 2.30 bits per heavy atom. The molecule has 8 nitrogen and oxygen atoms in total. The lowest BCUT2D eigenvalue weighted by atomic mass is 10.1. The second-order valence-corrected chi connectivity index (χ2v) is 10.2. The second kappa shape index (κ2) is 8.44. The van der Waals surface area contributed by atoms with Crippen LogP contribution in [0.25, 0.3) is 0 Å². The van der Waals surface area contributed by atoms with Gasteiger partial charge in [-0.1, -0.05) is 38.0 Å². The molecule has 1 atom stereocenters. The Hall–Kier alpha value is -1.85. The van der Waals surface area contributed by atoms with Crippen LogP contribution in [0.2, 0.25) is 0 Å². The number of sulfone groups is 1. The number of hydrogen-bond acceptors (Lipinski definition) is 7. The van der Waals surface area contributed by atoms with Gasteiger partial charge < -0.3 is 4.42 Å². The normalized spacial score (nSPS) is 13.8. The lowest BCUT2D eigenvalue weighted by molar-refractivity contribution is 0.326. The molecule has 0 aliphatic carbocycles. The summed E-state index contributed by atoms with van der Waals surface area (Å²) in [7, 11) is -7.52. The molecule has 0 aliphatic heterocycles. The number of aromatic nitrogens is 2. The summed E-state index contributed by atoms with van der Waals surface area (Å²) in [5, 5.41) is 6.68. The Labute approximate surface area is 158 Å². The molecule has 1 heterocycles. The van der Waals surface area contributed by atoms with Crippen molar-refractivity contribution < 1.29 is 25.6 Å². The number of halogens is 1. The second-order valence-electron chi connectivity index (χ2n) is 6.45. The fraction of sp³-hybridized carbons (Fsp3) is 0.500. The minimum Gasteiger partial charge on any atom is -0.411 e. The standard InChI is InChI=1S/C16H22FN3O5S2/c1-4-9-27(23,24)20-14(11(2)3)15-18-19-16(25-15)26(21,22)10-12-5-7-13(17)8-6-12/h5-8,11,14,20H,4,9-10H2,1-3H3/t14-/m0/s1. The van der Waals surface area contributed by atoms with E-state index in [0.717, 1.165) is 12.1 Å². The zero-order valence-electron chi connectivity index (χ0n) is 15.2. The molecule has 0 amide bonds. The van der Waals surface area contributed by atoms with Crippen LogP contribution in [0.3, 0.4) is 0 Å². The zero-order valence-corrected chi connectivity index (χ0v) is 16.8. The van der Waals surface area contributed by atoms with Crippen LogP contribution < -0.4 is 4.72 Å². The molecule has 0 aliphatic rings. The van der Waals surface area contributed by atoms with Crippen LogP contribution in [0, 0.1) is 11.7 Å². The Kier molecular flexibility index (Phi) is 6.71. The Bertz CT molecular complexity index is 970. The van der Waals surface area contributed by atoms with Gasteiger partial charge in [0.1, 0.15) is 11.9 Å². The maximum Gasteiger partial charge on any atom is 0.335 e. The van der Waals surface area contributed by atoms with E-state index in [9.17, 15) is 21.2 Å². The number of nitrogens with one attached hydrogen (secondary N) is 1. The molecule has 150 valence electrons. The molecule has 0 spiro atoms. The number of benzene rings is 1. The minimum absolute atomic E-state index is 0.0694. The molecule has 0 bridgehead atoms. The monoisotopic (exact) mass is 419 g/mol. The van der Waals surface area contributed by atoms with Gasteiger partial charge in [0.15, 0.2) is 0 Å². The summed E-state index contributed by atoms with van der Waals surface area (Å²) in [5.74, 6) is -1.36. The van der Waals surface area contributed by atoms with Gasteiger partial charge in [-0.15, -0.1) is 5.10 Å². The highest BCUT2D eigenvalue weighted by Gasteiger charge is 2.30. The minimum atomic E-state index is -3.96. The quantitative estimate of drug-likeness (QED) is 0.662. The summed E-state index contributed by atoms with van der Waals surface area (Å²) in [6.07, 6.45) is 0.432. The van der Waals surface area contributed by atoms with Gasteiger partial charge in [0, 0.05) is 0 Å². The van der Waals surface area contributed by atoms with E-state index in [0.29, 0.717) is 12.0 Å². The number of rotatable bonds is 9. The highest BCUT2D eigenvalue weighted by Crippen LogP contribution is 2.24. The molecule has 2 rings (SSSR count). The molecule has 0 saturated heterocycles. The molecular formula is C16H22FN3O5S2. The third-order valence-electron chi connectivity index (χ3n) is 3.67. The molecular weight excluding hydrogens is 397 g/mol. The Morgan fingerprint density at radius 2 is 1.74 bits per heavy atom. The van der Waals surface area contributed by atoms with E-state index in [1.165, 1.54) is 12.1 Å². The van der Waals surface area contributed by atoms with Crippen molar-refractivity contribution in [2.75, 3.05) is 5.75 Å². The van der Waals surface area contributed by atoms with Gasteiger partial charge in [0.2, 0.25) is 25.8 Å². The third kappa shape index (κ3) is 5.81. The van der Waals surface area contributed by atoms with Crippen molar-refractivity contribution in [1.82, 2.24) is 14.9 Å². The predicted molar refractivity (Wildman–Crippen MR) is 96.4 cm³/mol. The number of nitrogens with zero attached hydrogens (tertiary/aromatic N) is 2. The number of hydrogen-bond donors (Lipinski definition) is 1. The van der Waals surface area contributed by atoms with Crippen LogP contribution in [0.1, 0.15) is 44.7 Å². The van der Waals surface area contributed by atoms with E-state index < -0.39 is 42.7 Å². The van der Waals surface area contributed by atoms with Gasteiger partial charge in [0.25, 0.3) is 0 Å². The van der Waals surface area contributed by atoms with Gasteiger partial charge in [-0.05, 0) is 30.0 Å². The van der Waals surface area contributed by atoms with Gasteiger partial charge in [-0.3, -0.25) is 0 Å². The summed E-state index contributed by atoms with van der Waals surface area (Å²) in [5.41, 5.74) is 0.361. The fourth-order valence-corrected chi connectivity index (χ4v) is 4.87. The highest BCUT2D eigenvalue weighted by molar-refractivity contribution is 7.90. The third-order valence-corrected chi connectivity index (χ3v) is 6.64. The van der Waals surface area contributed by atoms with Crippen LogP contribution >= 0.6 is 0 Å². The van der Waals surface area contributed by atoms with E-state index in [2.05, 4.69) is 14.9 Å². The maximum atomic E-state index is 13.0. The van der Waals surface area contributed by atoms with Crippen LogP contribution in [0.15, 0.2) is 33.9 Å². The molecule has 27 heavy (non-hydrogen) atoms. The van der Waals surface area contributed by atoms with Gasteiger partial charge in [-0.25, -0.2) is 25.9 Å². The first-order chi connectivity index (χ1) is 12.5. The summed E-state index contributed by atoms with van der Waals surface area (Å²) < 4.78 is 69.7. The summed E-state index contributed by atoms with van der Waals surface area (Å²) in [4.78, 5) is 0. The maximum absolute atomic E-state index is 13.0. The van der Waals surface area contributed by atoms with Crippen molar-refractivity contribution >= 4 is 19.9 Å². The first-order valence-corrected chi connectivity index (χ1v) is 11.6. The highest BCUT2D eigenvalue weighted by atomic mass is 32.2. The van der Waals surface area contributed by atoms with E-state index in [4.69, 9.17) is 4.42 Å². The van der Waals surface area contributed by atoms with Crippen molar-refractivity contribution in [3.05, 3.63) is 41.5 Å². The summed E-state index contributed by atoms with van der Waals surface area (Å²) in [6, 6.07) is 4.16. The SMILES string of the molecule is CCCS(=O)(=O)N[C@H](c1nnc(S(=O)(=O)Cc2ccc(F)cc2)o1)C(C)C. The van der Waals surface area contributed by atoms with Crippen molar-refractivity contribution in [2.24, 2.45) is 5.92 Å². The van der Waals surface area contributed by atoms with Crippen LogP contribution in [-0.4, -0.2) is 32.8 Å². The van der Waals surface area contributed by atoms with E-state index in [1.54, 1.807) is 20.8 Å². The molecule has 0 fully saturated rings. The van der Waals surface area contributed by atoms with E-state index in [-0.39, 0.29) is 17.6 Å². The molecule has 11 heteroatoms. The van der Waals surface area contributed by atoms with E-state index in [1.807, 2.05) is 0 Å². The fourth-order valence-electron chi connectivity index (χ4n) is 2.33. The zero-order chi connectivity index (χ0) is 20.2. The molecule has 1 aromatic heterocycles. The van der Waals surface area contributed by atoms with Gasteiger partial charge in [-0.2, -0.15) is 0 Å². The lowest BCUT2D eigenvalue weighted by Crippen LogP contribution is -2.33. The molecule has 1 aromatic carbocycles. The molecule has 1 N–H and O–H groups in total. The molecule has 0 saturated carbocycles. The summed E-state index contributed by atoms with van der Waals surface area (Å²) in [6.45, 7) is 5.22. The van der Waals surface area contributed by atoms with Crippen LogP contribution in [0.5, 0.6) is 0 Å². The Morgan fingerprint density at radius 1 is 1.11 bits per heavy atom. The van der Waals surface area contributed by atoms with Crippen molar-refractivity contribution in [3.8, 4) is 0 Å². The predicted octanol–water partition coefficient (Wildman–Crippen LogP) is 2.21. The molecule has 2 aromatic rings. The first kappa shape index (κ1) is 21.5. The average Bonchev–Trinajstić information content (AvgIpc) is 3.05.